The van der Waals surface area contributed by atoms with E-state index < -0.39 is 0 Å². The van der Waals surface area contributed by atoms with Crippen molar-refractivity contribution < 1.29 is 30.0 Å². The van der Waals surface area contributed by atoms with Gasteiger partial charge < -0.3 is 5.11 Å². The number of hydrogen-bond donors (Lipinski definition) is 1. The molecule has 0 amide bonds. The summed E-state index contributed by atoms with van der Waals surface area (Å²) in [7, 11) is 0. The first-order valence-corrected chi connectivity index (χ1v) is 17.4. The van der Waals surface area contributed by atoms with Gasteiger partial charge >= 0.3 is 0 Å². The van der Waals surface area contributed by atoms with Crippen molar-refractivity contribution in [3.05, 3.63) is 96.0 Å². The minimum Gasteiger partial charge on any atom is -0.512 e. The van der Waals surface area contributed by atoms with Crippen LogP contribution in [0.3, 0.4) is 0 Å². The van der Waals surface area contributed by atoms with Crippen LogP contribution in [-0.2, 0) is 30.3 Å². The standard InChI is InChI=1S/C26H21N2S.C15H28O2.Ir/c1-26(2,3)23-13-20(12-17-6-4-5-7-21(17)23)24-14-18(8-10-28-24)22-16-27-15-19-9-11-29-25(19)22;1-7-14(5,8-2)12(16)11-13(17)15(6,9-3)10-4;/h4-11,13-16H,1-3H3;11,16H,7-10H2,1-6H3;/q-1;;/b;12-11-;. The van der Waals surface area contributed by atoms with Gasteiger partial charge in [0.05, 0.1) is 0 Å². The van der Waals surface area contributed by atoms with Gasteiger partial charge in [0.1, 0.15) is 5.76 Å². The third kappa shape index (κ3) is 8.46. The molecule has 1 N–H and O–H groups in total. The predicted molar refractivity (Wildman–Crippen MR) is 196 cm³/mol. The van der Waals surface area contributed by atoms with Gasteiger partial charge in [0.15, 0.2) is 5.78 Å². The van der Waals surface area contributed by atoms with Gasteiger partial charge in [-0.15, -0.1) is 40.5 Å². The van der Waals surface area contributed by atoms with Gasteiger partial charge in [-0.1, -0.05) is 97.5 Å². The maximum Gasteiger partial charge on any atom is 0.164 e. The molecule has 251 valence electrons. The van der Waals surface area contributed by atoms with E-state index in [9.17, 15) is 9.90 Å². The average Bonchev–Trinajstić information content (AvgIpc) is 3.56. The van der Waals surface area contributed by atoms with Crippen molar-refractivity contribution in [3.63, 3.8) is 0 Å². The third-order valence-corrected chi connectivity index (χ3v) is 10.9. The van der Waals surface area contributed by atoms with Crippen molar-refractivity contribution in [1.82, 2.24) is 9.97 Å². The fourth-order valence-corrected chi connectivity index (χ4v) is 6.42. The summed E-state index contributed by atoms with van der Waals surface area (Å²) in [5.74, 6) is 0.286. The number of benzene rings is 2. The molecule has 6 heteroatoms. The quantitative estimate of drug-likeness (QED) is 0.0913. The number of thiophene rings is 1. The van der Waals surface area contributed by atoms with Crippen molar-refractivity contribution in [2.45, 2.75) is 93.4 Å². The molecule has 0 bridgehead atoms. The zero-order valence-electron chi connectivity index (χ0n) is 29.3. The van der Waals surface area contributed by atoms with Crippen molar-refractivity contribution in [1.29, 1.82) is 0 Å². The Balaban J connectivity index is 0.000000290. The Bertz CT molecular complexity index is 1840. The maximum absolute atomic E-state index is 12.2. The van der Waals surface area contributed by atoms with Gasteiger partial charge in [0.25, 0.3) is 0 Å². The first kappa shape index (κ1) is 38.3. The Labute approximate surface area is 299 Å². The molecule has 0 aliphatic carbocycles. The zero-order chi connectivity index (χ0) is 33.7. The molecule has 0 aliphatic rings. The van der Waals surface area contributed by atoms with Crippen LogP contribution in [-0.4, -0.2) is 20.9 Å². The summed E-state index contributed by atoms with van der Waals surface area (Å²) in [5, 5.41) is 15.8. The summed E-state index contributed by atoms with van der Waals surface area (Å²) in [6.07, 6.45) is 10.5. The van der Waals surface area contributed by atoms with Crippen LogP contribution >= 0.6 is 11.3 Å². The molecule has 0 unspecified atom stereocenters. The van der Waals surface area contributed by atoms with Crippen molar-refractivity contribution >= 4 is 38.0 Å². The molecule has 0 aliphatic heterocycles. The summed E-state index contributed by atoms with van der Waals surface area (Å²) in [4.78, 5) is 21.3. The van der Waals surface area contributed by atoms with Crippen LogP contribution in [0.25, 0.3) is 43.2 Å². The number of aliphatic hydroxyl groups is 1. The molecule has 2 aromatic carbocycles. The molecule has 1 radical (unpaired) electrons. The number of nitrogens with zero attached hydrogens (tertiary/aromatic N) is 2. The van der Waals surface area contributed by atoms with Gasteiger partial charge in [-0.05, 0) is 54.2 Å². The van der Waals surface area contributed by atoms with Gasteiger partial charge in [-0.3, -0.25) is 14.8 Å². The van der Waals surface area contributed by atoms with E-state index in [-0.39, 0.29) is 47.9 Å². The van der Waals surface area contributed by atoms with Crippen LogP contribution < -0.4 is 0 Å². The van der Waals surface area contributed by atoms with E-state index in [1.54, 1.807) is 11.3 Å². The van der Waals surface area contributed by atoms with Crippen molar-refractivity contribution in [2.75, 3.05) is 0 Å². The van der Waals surface area contributed by atoms with Crippen molar-refractivity contribution in [2.24, 2.45) is 10.8 Å². The molecular weight excluding hydrogens is 777 g/mol. The number of fused-ring (bicyclic) bond motifs is 2. The number of rotatable bonds is 9. The summed E-state index contributed by atoms with van der Waals surface area (Å²) >= 11 is 1.75. The number of allylic oxidation sites excluding steroid dienone is 2. The Morgan fingerprint density at radius 1 is 0.894 bits per heavy atom. The first-order valence-electron chi connectivity index (χ1n) is 16.5. The molecule has 0 saturated carbocycles. The van der Waals surface area contributed by atoms with Crippen LogP contribution in [0, 0.1) is 16.9 Å². The average molecular weight is 826 g/mol. The van der Waals surface area contributed by atoms with Crippen LogP contribution in [0.15, 0.2) is 84.3 Å². The number of aromatic nitrogens is 2. The Morgan fingerprint density at radius 2 is 1.55 bits per heavy atom. The largest absolute Gasteiger partial charge is 0.512 e. The van der Waals surface area contributed by atoms with E-state index >= 15 is 0 Å². The molecule has 5 rings (SSSR count). The fraction of sp³-hybridized carbons (Fsp3) is 0.390. The predicted octanol–water partition coefficient (Wildman–Crippen LogP) is 11.9. The molecule has 5 aromatic rings. The molecule has 4 nitrogen and oxygen atoms in total. The zero-order valence-corrected chi connectivity index (χ0v) is 32.5. The Hall–Kier alpha value is -3.18. The number of ketones is 1. The van der Waals surface area contributed by atoms with E-state index in [0.29, 0.717) is 0 Å². The molecule has 0 atom stereocenters. The van der Waals surface area contributed by atoms with Crippen molar-refractivity contribution in [3.8, 4) is 22.4 Å². The summed E-state index contributed by atoms with van der Waals surface area (Å²) in [5.41, 5.74) is 5.00. The normalized spacial score (nSPS) is 12.4. The summed E-state index contributed by atoms with van der Waals surface area (Å²) < 4.78 is 1.26. The van der Waals surface area contributed by atoms with Gasteiger partial charge in [0, 0.05) is 76.9 Å². The van der Waals surface area contributed by atoms with Gasteiger partial charge in [-0.25, -0.2) is 0 Å². The van der Waals surface area contributed by atoms with E-state index in [2.05, 4.69) is 90.7 Å². The number of carbonyl (C=O) groups excluding carboxylic acids is 1. The van der Waals surface area contributed by atoms with Crippen LogP contribution in [0.5, 0.6) is 0 Å². The molecule has 47 heavy (non-hydrogen) atoms. The second-order valence-electron chi connectivity index (χ2n) is 13.8. The molecule has 0 fully saturated rings. The number of aliphatic hydroxyl groups excluding tert-OH is 1. The molecule has 0 saturated heterocycles. The van der Waals surface area contributed by atoms with E-state index in [4.69, 9.17) is 0 Å². The SMILES string of the molecule is CC(C)(C)c1cc(-c2cc(-c3cncc4ccsc34)ccn2)[c-]c2ccccc12.CCC(C)(CC)C(=O)/C=C(\O)C(C)(CC)CC.[Ir]. The monoisotopic (exact) mass is 826 g/mol. The molecule has 3 aromatic heterocycles. The minimum absolute atomic E-state index is 0. The van der Waals surface area contributed by atoms with Gasteiger partial charge in [-0.2, -0.15) is 0 Å². The van der Waals surface area contributed by atoms with E-state index in [1.807, 2.05) is 60.1 Å². The molecule has 0 spiro atoms. The summed E-state index contributed by atoms with van der Waals surface area (Å²) in [6, 6.07) is 20.7. The van der Waals surface area contributed by atoms with E-state index in [0.717, 1.165) is 53.5 Å². The van der Waals surface area contributed by atoms with E-state index in [1.165, 1.54) is 27.1 Å². The van der Waals surface area contributed by atoms with Crippen LogP contribution in [0.1, 0.15) is 93.6 Å². The second-order valence-corrected chi connectivity index (χ2v) is 14.7. The minimum atomic E-state index is -0.337. The third-order valence-electron chi connectivity index (χ3n) is 9.89. The first-order chi connectivity index (χ1) is 21.8. The van der Waals surface area contributed by atoms with Crippen LogP contribution in [0.2, 0.25) is 0 Å². The molecule has 3 heterocycles. The maximum atomic E-state index is 12.2. The Morgan fingerprint density at radius 3 is 2.19 bits per heavy atom. The smallest absolute Gasteiger partial charge is 0.164 e. The van der Waals surface area contributed by atoms with Crippen LogP contribution in [0.4, 0.5) is 0 Å². The number of hydrogen-bond acceptors (Lipinski definition) is 5. The topological polar surface area (TPSA) is 63.1 Å². The fourth-order valence-electron chi connectivity index (χ4n) is 5.51. The second kappa shape index (κ2) is 15.8. The number of carbonyl (C=O) groups is 1. The Kier molecular flexibility index (Phi) is 12.9. The summed E-state index contributed by atoms with van der Waals surface area (Å²) in [6.45, 7) is 18.8. The van der Waals surface area contributed by atoms with Gasteiger partial charge in [0.2, 0.25) is 0 Å². The number of pyridine rings is 2. The molecular formula is C41H49IrN2O2S-.